The van der Waals surface area contributed by atoms with Gasteiger partial charge in [0.15, 0.2) is 6.61 Å². The predicted molar refractivity (Wildman–Crippen MR) is 85.9 cm³/mol. The number of amides is 1. The van der Waals surface area contributed by atoms with Crippen molar-refractivity contribution in [1.29, 1.82) is 0 Å². The number of carbonyl (C=O) groups excluding carboxylic acids is 1. The normalized spacial score (nSPS) is 9.58. The van der Waals surface area contributed by atoms with Gasteiger partial charge in [0.05, 0.1) is 5.02 Å². The van der Waals surface area contributed by atoms with Gasteiger partial charge in [0.1, 0.15) is 5.75 Å². The maximum Gasteiger partial charge on any atom is 0.255 e. The van der Waals surface area contributed by atoms with Crippen molar-refractivity contribution in [2.45, 2.75) is 13.1 Å². The molecule has 1 heterocycles. The lowest BCUT2D eigenvalue weighted by Crippen LogP contribution is -3.00. The van der Waals surface area contributed by atoms with Gasteiger partial charge in [-0.05, 0) is 23.8 Å². The molecular weight excluding hydrogens is 396 g/mol. The smallest absolute Gasteiger partial charge is 0.255 e. The molecular formula is C15H15Cl4N3O2-2. The maximum absolute atomic E-state index is 10.9. The molecule has 0 radical (unpaired) electrons. The Morgan fingerprint density at radius 1 is 1.25 bits per heavy atom. The quantitative estimate of drug-likeness (QED) is 0.497. The van der Waals surface area contributed by atoms with Crippen LogP contribution >= 0.6 is 23.2 Å². The first-order valence-corrected chi connectivity index (χ1v) is 7.30. The van der Waals surface area contributed by atoms with Crippen molar-refractivity contribution < 1.29 is 34.3 Å². The minimum absolute atomic E-state index is 0. The van der Waals surface area contributed by atoms with Crippen molar-refractivity contribution in [3.05, 3.63) is 57.8 Å². The number of aromatic nitrogens is 1. The molecule has 0 bridgehead atoms. The van der Waals surface area contributed by atoms with Crippen LogP contribution in [-0.2, 0) is 17.9 Å². The van der Waals surface area contributed by atoms with Crippen molar-refractivity contribution in [3.8, 4) is 5.75 Å². The summed E-state index contributed by atoms with van der Waals surface area (Å²) in [7, 11) is 0. The lowest BCUT2D eigenvalue weighted by Gasteiger charge is -2.13. The third kappa shape index (κ3) is 7.11. The molecule has 0 saturated carbocycles. The SMILES string of the molecule is NC(=O)COc1c(Cl)cc(Cl)cc1CNCc1cccnc1.[Cl-].[Cl-]. The summed E-state index contributed by atoms with van der Waals surface area (Å²) in [6.07, 6.45) is 3.50. The lowest BCUT2D eigenvalue weighted by molar-refractivity contribution is -0.119. The Morgan fingerprint density at radius 2 is 2.00 bits per heavy atom. The average Bonchev–Trinajstić information content (AvgIpc) is 2.47. The zero-order valence-electron chi connectivity index (χ0n) is 12.4. The number of nitrogens with one attached hydrogen (secondary N) is 1. The molecule has 5 nitrogen and oxygen atoms in total. The lowest BCUT2D eigenvalue weighted by atomic mass is 10.2. The Labute approximate surface area is 162 Å². The molecule has 3 N–H and O–H groups in total. The second-order valence-electron chi connectivity index (χ2n) is 4.60. The van der Waals surface area contributed by atoms with E-state index in [0.717, 1.165) is 11.1 Å². The molecule has 0 aliphatic rings. The highest BCUT2D eigenvalue weighted by Gasteiger charge is 2.12. The van der Waals surface area contributed by atoms with Crippen molar-refractivity contribution in [1.82, 2.24) is 10.3 Å². The molecule has 1 aromatic carbocycles. The summed E-state index contributed by atoms with van der Waals surface area (Å²) in [4.78, 5) is 14.9. The van der Waals surface area contributed by atoms with Crippen LogP contribution in [0.5, 0.6) is 5.75 Å². The Balaban J connectivity index is 0.00000264. The van der Waals surface area contributed by atoms with E-state index in [4.69, 9.17) is 33.7 Å². The van der Waals surface area contributed by atoms with Crippen LogP contribution in [0.1, 0.15) is 11.1 Å². The van der Waals surface area contributed by atoms with E-state index in [9.17, 15) is 4.79 Å². The highest BCUT2D eigenvalue weighted by molar-refractivity contribution is 6.35. The number of nitrogens with two attached hydrogens (primary N) is 1. The van der Waals surface area contributed by atoms with E-state index < -0.39 is 5.91 Å². The molecule has 1 amide bonds. The Hall–Kier alpha value is -1.24. The van der Waals surface area contributed by atoms with Gasteiger partial charge in [0.25, 0.3) is 5.91 Å². The van der Waals surface area contributed by atoms with Crippen LogP contribution in [0.3, 0.4) is 0 Å². The monoisotopic (exact) mass is 409 g/mol. The molecule has 24 heavy (non-hydrogen) atoms. The van der Waals surface area contributed by atoms with Gasteiger partial charge >= 0.3 is 0 Å². The fourth-order valence-corrected chi connectivity index (χ4v) is 2.48. The number of benzene rings is 1. The van der Waals surface area contributed by atoms with Crippen LogP contribution in [0.4, 0.5) is 0 Å². The predicted octanol–water partition coefficient (Wildman–Crippen LogP) is -3.45. The first-order valence-electron chi connectivity index (χ1n) is 6.55. The van der Waals surface area contributed by atoms with E-state index in [-0.39, 0.29) is 31.4 Å². The van der Waals surface area contributed by atoms with Crippen LogP contribution in [0, 0.1) is 0 Å². The number of halogens is 4. The Kier molecular flexibility index (Phi) is 10.8. The van der Waals surface area contributed by atoms with Gasteiger partial charge < -0.3 is 40.6 Å². The van der Waals surface area contributed by atoms with Crippen molar-refractivity contribution in [3.63, 3.8) is 0 Å². The van der Waals surface area contributed by atoms with Gasteiger partial charge in [-0.15, -0.1) is 0 Å². The van der Waals surface area contributed by atoms with Crippen LogP contribution < -0.4 is 40.6 Å². The largest absolute Gasteiger partial charge is 1.00 e. The second kappa shape index (κ2) is 11.3. The summed E-state index contributed by atoms with van der Waals surface area (Å²) >= 11 is 12.1. The fraction of sp³-hybridized carbons (Fsp3) is 0.200. The molecule has 0 saturated heterocycles. The summed E-state index contributed by atoms with van der Waals surface area (Å²) in [6, 6.07) is 7.13. The molecule has 2 rings (SSSR count). The van der Waals surface area contributed by atoms with Crippen molar-refractivity contribution in [2.75, 3.05) is 6.61 Å². The standard InChI is InChI=1S/C15H15Cl2N3O2.2ClH/c16-12-4-11(8-20-7-10-2-1-3-19-6-10)15(13(17)5-12)22-9-14(18)21;;/h1-6,20H,7-9H2,(H2,18,21);2*1H/p-2. The minimum Gasteiger partial charge on any atom is -1.00 e. The number of carbonyl (C=O) groups is 1. The third-order valence-electron chi connectivity index (χ3n) is 2.81. The summed E-state index contributed by atoms with van der Waals surface area (Å²) in [5.41, 5.74) is 6.89. The Bertz CT molecular complexity index is 657. The number of hydrogen-bond donors (Lipinski definition) is 2. The molecule has 0 fully saturated rings. The van der Waals surface area contributed by atoms with Gasteiger partial charge in [0, 0.05) is 36.1 Å². The first kappa shape index (κ1) is 22.8. The molecule has 1 aromatic heterocycles. The second-order valence-corrected chi connectivity index (χ2v) is 5.44. The van der Waals surface area contributed by atoms with Gasteiger partial charge in [-0.1, -0.05) is 29.3 Å². The number of primary amides is 1. The van der Waals surface area contributed by atoms with E-state index in [0.29, 0.717) is 28.9 Å². The van der Waals surface area contributed by atoms with Gasteiger partial charge in [-0.2, -0.15) is 0 Å². The molecule has 9 heteroatoms. The topological polar surface area (TPSA) is 77.2 Å². The third-order valence-corrected chi connectivity index (χ3v) is 3.31. The van der Waals surface area contributed by atoms with E-state index in [1.165, 1.54) is 0 Å². The molecule has 0 aliphatic carbocycles. The highest BCUT2D eigenvalue weighted by Crippen LogP contribution is 2.32. The summed E-state index contributed by atoms with van der Waals surface area (Å²) in [5, 5.41) is 4.08. The molecule has 0 aliphatic heterocycles. The molecule has 132 valence electrons. The first-order chi connectivity index (χ1) is 10.6. The zero-order chi connectivity index (χ0) is 15.9. The zero-order valence-corrected chi connectivity index (χ0v) is 15.5. The van der Waals surface area contributed by atoms with Crippen LogP contribution in [0.15, 0.2) is 36.7 Å². The van der Waals surface area contributed by atoms with Gasteiger partial charge in [0.2, 0.25) is 0 Å². The maximum atomic E-state index is 10.9. The van der Waals surface area contributed by atoms with E-state index in [1.807, 2.05) is 12.1 Å². The molecule has 0 unspecified atom stereocenters. The van der Waals surface area contributed by atoms with Crippen LogP contribution in [0.25, 0.3) is 0 Å². The Morgan fingerprint density at radius 3 is 2.62 bits per heavy atom. The highest BCUT2D eigenvalue weighted by atomic mass is 35.5. The summed E-state index contributed by atoms with van der Waals surface area (Å²) in [5.74, 6) is -0.163. The van der Waals surface area contributed by atoms with E-state index >= 15 is 0 Å². The van der Waals surface area contributed by atoms with Crippen LogP contribution in [0.2, 0.25) is 10.0 Å². The van der Waals surface area contributed by atoms with Crippen LogP contribution in [-0.4, -0.2) is 17.5 Å². The number of nitrogens with zero attached hydrogens (tertiary/aromatic N) is 1. The average molecular weight is 411 g/mol. The molecule has 0 atom stereocenters. The number of rotatable bonds is 7. The summed E-state index contributed by atoms with van der Waals surface area (Å²) < 4.78 is 5.37. The van der Waals surface area contributed by atoms with Crippen molar-refractivity contribution in [2.24, 2.45) is 5.73 Å². The number of hydrogen-bond acceptors (Lipinski definition) is 4. The van der Waals surface area contributed by atoms with Crippen molar-refractivity contribution >= 4 is 29.1 Å². The summed E-state index contributed by atoms with van der Waals surface area (Å²) in [6.45, 7) is 0.869. The minimum atomic E-state index is -0.569. The van der Waals surface area contributed by atoms with E-state index in [1.54, 1.807) is 24.5 Å². The van der Waals surface area contributed by atoms with Gasteiger partial charge in [-0.3, -0.25) is 9.78 Å². The molecule has 2 aromatic rings. The van der Waals surface area contributed by atoms with E-state index in [2.05, 4.69) is 10.3 Å². The number of ether oxygens (including phenoxy) is 1. The fourth-order valence-electron chi connectivity index (χ4n) is 1.89. The molecule has 0 spiro atoms. The van der Waals surface area contributed by atoms with Gasteiger partial charge in [-0.25, -0.2) is 0 Å². The number of pyridine rings is 1.